The largest absolute Gasteiger partial charge is 0.573 e. The van der Waals surface area contributed by atoms with Crippen molar-refractivity contribution >= 4 is 11.9 Å². The molecule has 6 nitrogen and oxygen atoms in total. The number of aliphatic carboxylic acids is 1. The number of ether oxygens (including phenoxy) is 2. The number of carboxylic acids is 1. The molecule has 1 saturated heterocycles. The number of benzene rings is 1. The van der Waals surface area contributed by atoms with Crippen molar-refractivity contribution in [2.75, 3.05) is 13.7 Å². The highest BCUT2D eigenvalue weighted by atomic mass is 19.4. The van der Waals surface area contributed by atoms with Gasteiger partial charge in [-0.25, -0.2) is 0 Å². The lowest BCUT2D eigenvalue weighted by Crippen LogP contribution is -2.38. The van der Waals surface area contributed by atoms with Gasteiger partial charge in [-0.1, -0.05) is 12.1 Å². The minimum absolute atomic E-state index is 0.151. The monoisotopic (exact) mass is 361 g/mol. The molecule has 0 saturated carbocycles. The van der Waals surface area contributed by atoms with Crippen LogP contribution in [0.2, 0.25) is 0 Å². The minimum atomic E-state index is -4.81. The van der Waals surface area contributed by atoms with E-state index in [1.54, 1.807) is 0 Å². The molecule has 1 N–H and O–H groups in total. The van der Waals surface area contributed by atoms with Crippen molar-refractivity contribution < 1.29 is 37.3 Å². The van der Waals surface area contributed by atoms with Crippen LogP contribution in [0.25, 0.3) is 0 Å². The number of nitrogens with zero attached hydrogens (tertiary/aromatic N) is 1. The first-order chi connectivity index (χ1) is 11.7. The molecule has 0 aliphatic carbocycles. The van der Waals surface area contributed by atoms with Gasteiger partial charge in [0.05, 0.1) is 18.9 Å². The summed E-state index contributed by atoms with van der Waals surface area (Å²) >= 11 is 0. The third-order valence-corrected chi connectivity index (χ3v) is 3.93. The summed E-state index contributed by atoms with van der Waals surface area (Å²) in [6.07, 6.45) is -5.01. The Hall–Kier alpha value is -2.29. The number of carboxylic acid groups (broad SMARTS) is 1. The van der Waals surface area contributed by atoms with Crippen molar-refractivity contribution in [3.8, 4) is 5.75 Å². The summed E-state index contributed by atoms with van der Waals surface area (Å²) in [7, 11) is 1.48. The van der Waals surface area contributed by atoms with Crippen LogP contribution in [0.15, 0.2) is 24.3 Å². The first-order valence-corrected chi connectivity index (χ1v) is 7.56. The second kappa shape index (κ2) is 7.73. The topological polar surface area (TPSA) is 76.1 Å². The van der Waals surface area contributed by atoms with E-state index in [9.17, 15) is 22.8 Å². The molecule has 1 heterocycles. The summed E-state index contributed by atoms with van der Waals surface area (Å²) in [6, 6.07) is 4.66. The standard InChI is InChI=1S/C16H18F3NO5/c1-24-13-7-11(8-15(22)23)20(9-13)14(21)6-10-3-2-4-12(5-10)25-16(17,18)19/h2-5,11,13H,6-9H2,1H3,(H,22,23). The van der Waals surface area contributed by atoms with E-state index < -0.39 is 24.1 Å². The highest BCUT2D eigenvalue weighted by molar-refractivity contribution is 5.80. The maximum atomic E-state index is 12.5. The second-order valence-corrected chi connectivity index (χ2v) is 5.76. The Labute approximate surface area is 142 Å². The SMILES string of the molecule is COC1CC(CC(=O)O)N(C(=O)Cc2cccc(OC(F)(F)F)c2)C1. The van der Waals surface area contributed by atoms with E-state index in [4.69, 9.17) is 9.84 Å². The van der Waals surface area contributed by atoms with Crippen molar-refractivity contribution in [3.05, 3.63) is 29.8 Å². The molecule has 2 rings (SSSR count). The quantitative estimate of drug-likeness (QED) is 0.841. The lowest BCUT2D eigenvalue weighted by molar-refractivity contribution is -0.274. The lowest BCUT2D eigenvalue weighted by atomic mass is 10.1. The smallest absolute Gasteiger partial charge is 0.481 e. The van der Waals surface area contributed by atoms with Gasteiger partial charge in [0.15, 0.2) is 0 Å². The van der Waals surface area contributed by atoms with E-state index in [1.165, 1.54) is 24.1 Å². The molecule has 0 radical (unpaired) electrons. The molecule has 1 aliphatic heterocycles. The summed E-state index contributed by atoms with van der Waals surface area (Å²) in [4.78, 5) is 24.8. The third-order valence-electron chi connectivity index (χ3n) is 3.93. The number of carbonyl (C=O) groups is 2. The van der Waals surface area contributed by atoms with E-state index in [2.05, 4.69) is 4.74 Å². The van der Waals surface area contributed by atoms with E-state index in [-0.39, 0.29) is 31.4 Å². The Kier molecular flexibility index (Phi) is 5.89. The Balaban J connectivity index is 2.07. The van der Waals surface area contributed by atoms with Crippen LogP contribution in [0, 0.1) is 0 Å². The molecule has 138 valence electrons. The highest BCUT2D eigenvalue weighted by Crippen LogP contribution is 2.26. The van der Waals surface area contributed by atoms with Gasteiger partial charge >= 0.3 is 12.3 Å². The van der Waals surface area contributed by atoms with E-state index in [1.807, 2.05) is 0 Å². The zero-order chi connectivity index (χ0) is 18.6. The fraction of sp³-hybridized carbons (Fsp3) is 0.500. The van der Waals surface area contributed by atoms with Gasteiger partial charge in [-0.3, -0.25) is 9.59 Å². The number of likely N-dealkylation sites (tertiary alicyclic amines) is 1. The van der Waals surface area contributed by atoms with Crippen LogP contribution in [0.1, 0.15) is 18.4 Å². The van der Waals surface area contributed by atoms with Crippen molar-refractivity contribution in [1.82, 2.24) is 4.90 Å². The lowest BCUT2D eigenvalue weighted by Gasteiger charge is -2.23. The zero-order valence-corrected chi connectivity index (χ0v) is 13.5. The Morgan fingerprint density at radius 1 is 1.36 bits per heavy atom. The van der Waals surface area contributed by atoms with Gasteiger partial charge in [0.2, 0.25) is 5.91 Å². The van der Waals surface area contributed by atoms with Gasteiger partial charge < -0.3 is 19.5 Å². The molecule has 9 heteroatoms. The van der Waals surface area contributed by atoms with Crippen molar-refractivity contribution in [2.24, 2.45) is 0 Å². The number of alkyl halides is 3. The van der Waals surface area contributed by atoms with Gasteiger partial charge in [-0.05, 0) is 24.1 Å². The van der Waals surface area contributed by atoms with E-state index >= 15 is 0 Å². The first-order valence-electron chi connectivity index (χ1n) is 7.56. The van der Waals surface area contributed by atoms with Crippen LogP contribution < -0.4 is 4.74 Å². The summed E-state index contributed by atoms with van der Waals surface area (Å²) in [5, 5.41) is 8.96. The van der Waals surface area contributed by atoms with E-state index in [0.717, 1.165) is 12.1 Å². The van der Waals surface area contributed by atoms with Crippen LogP contribution in [-0.4, -0.2) is 54.0 Å². The van der Waals surface area contributed by atoms with Crippen molar-refractivity contribution in [3.63, 3.8) is 0 Å². The minimum Gasteiger partial charge on any atom is -0.481 e. The molecule has 1 aliphatic rings. The van der Waals surface area contributed by atoms with Gasteiger partial charge in [0.1, 0.15) is 5.75 Å². The number of hydrogen-bond donors (Lipinski definition) is 1. The van der Waals surface area contributed by atoms with Crippen LogP contribution in [0.5, 0.6) is 5.75 Å². The third kappa shape index (κ3) is 5.63. The number of hydrogen-bond acceptors (Lipinski definition) is 4. The van der Waals surface area contributed by atoms with Gasteiger partial charge in [0, 0.05) is 19.7 Å². The number of methoxy groups -OCH3 is 1. The summed E-state index contributed by atoms with van der Waals surface area (Å²) < 4.78 is 45.8. The Morgan fingerprint density at radius 3 is 2.68 bits per heavy atom. The fourth-order valence-corrected chi connectivity index (χ4v) is 2.87. The average molecular weight is 361 g/mol. The second-order valence-electron chi connectivity index (χ2n) is 5.76. The van der Waals surface area contributed by atoms with Crippen LogP contribution in [0.3, 0.4) is 0 Å². The average Bonchev–Trinajstić information content (AvgIpc) is 2.88. The summed E-state index contributed by atoms with van der Waals surface area (Å²) in [5.74, 6) is -1.80. The van der Waals surface area contributed by atoms with Crippen LogP contribution >= 0.6 is 0 Å². The molecule has 1 aromatic carbocycles. The highest BCUT2D eigenvalue weighted by Gasteiger charge is 2.36. The first kappa shape index (κ1) is 19.0. The van der Waals surface area contributed by atoms with E-state index in [0.29, 0.717) is 12.0 Å². The Bertz CT molecular complexity index is 634. The molecule has 0 aromatic heterocycles. The molecule has 25 heavy (non-hydrogen) atoms. The summed E-state index contributed by atoms with van der Waals surface area (Å²) in [5.41, 5.74) is 0.349. The summed E-state index contributed by atoms with van der Waals surface area (Å²) in [6.45, 7) is 0.256. The number of amides is 1. The maximum Gasteiger partial charge on any atom is 0.573 e. The van der Waals surface area contributed by atoms with Gasteiger partial charge in [-0.2, -0.15) is 0 Å². The number of carbonyl (C=O) groups excluding carboxylic acids is 1. The van der Waals surface area contributed by atoms with Crippen molar-refractivity contribution in [1.29, 1.82) is 0 Å². The van der Waals surface area contributed by atoms with Crippen molar-refractivity contribution in [2.45, 2.75) is 37.8 Å². The van der Waals surface area contributed by atoms with Crippen LogP contribution in [-0.2, 0) is 20.7 Å². The molecule has 1 fully saturated rings. The molecule has 0 bridgehead atoms. The fourth-order valence-electron chi connectivity index (χ4n) is 2.87. The van der Waals surface area contributed by atoms with Gasteiger partial charge in [0.25, 0.3) is 0 Å². The van der Waals surface area contributed by atoms with Gasteiger partial charge in [-0.15, -0.1) is 13.2 Å². The molecule has 2 atom stereocenters. The predicted octanol–water partition coefficient (Wildman–Crippen LogP) is 2.22. The molecule has 1 aromatic rings. The number of halogens is 3. The Morgan fingerprint density at radius 2 is 2.08 bits per heavy atom. The zero-order valence-electron chi connectivity index (χ0n) is 13.5. The number of rotatable bonds is 6. The molecule has 2 unspecified atom stereocenters. The molecular weight excluding hydrogens is 343 g/mol. The normalized spacial score (nSPS) is 20.6. The molecular formula is C16H18F3NO5. The predicted molar refractivity (Wildman–Crippen MR) is 80.0 cm³/mol. The molecule has 1 amide bonds. The molecule has 0 spiro atoms. The van der Waals surface area contributed by atoms with Crippen LogP contribution in [0.4, 0.5) is 13.2 Å². The maximum absolute atomic E-state index is 12.5.